The third kappa shape index (κ3) is 9.13. The number of nitrogens with one attached hydrogen (secondary N) is 1. The van der Waals surface area contributed by atoms with Crippen LogP contribution in [0.3, 0.4) is 0 Å². The molecule has 6 nitrogen and oxygen atoms in total. The van der Waals surface area contributed by atoms with Crippen molar-refractivity contribution < 1.29 is 23.9 Å². The number of hydrogen-bond acceptors (Lipinski definition) is 5. The van der Waals surface area contributed by atoms with E-state index in [1.807, 2.05) is 6.92 Å². The maximum absolute atomic E-state index is 11.4. The summed E-state index contributed by atoms with van der Waals surface area (Å²) in [7, 11) is 0. The van der Waals surface area contributed by atoms with Crippen LogP contribution in [0.15, 0.2) is 12.7 Å². The lowest BCUT2D eigenvalue weighted by Crippen LogP contribution is -2.28. The van der Waals surface area contributed by atoms with Gasteiger partial charge in [0.15, 0.2) is 0 Å². The van der Waals surface area contributed by atoms with Crippen LogP contribution in [0.25, 0.3) is 0 Å². The zero-order valence-corrected chi connectivity index (χ0v) is 12.1. The number of carbonyl (C=O) groups is 3. The Morgan fingerprint density at radius 2 is 1.95 bits per heavy atom. The monoisotopic (exact) mass is 285 g/mol. The van der Waals surface area contributed by atoms with Crippen LogP contribution in [-0.4, -0.2) is 37.6 Å². The first-order valence-electron chi connectivity index (χ1n) is 6.73. The molecular formula is C14H23NO5. The summed E-state index contributed by atoms with van der Waals surface area (Å²) >= 11 is 0. The van der Waals surface area contributed by atoms with Crippen molar-refractivity contribution in [2.24, 2.45) is 5.92 Å². The van der Waals surface area contributed by atoms with Gasteiger partial charge in [0.25, 0.3) is 0 Å². The molecule has 0 aliphatic heterocycles. The third-order valence-corrected chi connectivity index (χ3v) is 2.64. The lowest BCUT2D eigenvalue weighted by molar-refractivity contribution is -0.148. The van der Waals surface area contributed by atoms with E-state index in [9.17, 15) is 14.4 Å². The third-order valence-electron chi connectivity index (χ3n) is 2.64. The van der Waals surface area contributed by atoms with Gasteiger partial charge in [-0.2, -0.15) is 0 Å². The molecule has 0 aromatic carbocycles. The Kier molecular flexibility index (Phi) is 10.00. The topological polar surface area (TPSA) is 81.7 Å². The van der Waals surface area contributed by atoms with Gasteiger partial charge in [-0.1, -0.05) is 20.4 Å². The fourth-order valence-electron chi connectivity index (χ4n) is 1.20. The largest absolute Gasteiger partial charge is 0.464 e. The van der Waals surface area contributed by atoms with Crippen molar-refractivity contribution in [2.45, 2.75) is 33.1 Å². The summed E-state index contributed by atoms with van der Waals surface area (Å²) in [5.74, 6) is -1.04. The summed E-state index contributed by atoms with van der Waals surface area (Å²) in [6.07, 6.45) is 2.50. The molecule has 6 heteroatoms. The first-order chi connectivity index (χ1) is 9.51. The van der Waals surface area contributed by atoms with Gasteiger partial charge in [-0.15, -0.1) is 0 Å². The molecule has 0 aromatic heterocycles. The van der Waals surface area contributed by atoms with Crippen LogP contribution < -0.4 is 5.32 Å². The highest BCUT2D eigenvalue weighted by atomic mass is 16.5. The van der Waals surface area contributed by atoms with E-state index in [1.165, 1.54) is 0 Å². The lowest BCUT2D eigenvalue weighted by atomic mass is 10.1. The molecule has 114 valence electrons. The van der Waals surface area contributed by atoms with Crippen LogP contribution in [0.2, 0.25) is 0 Å². The van der Waals surface area contributed by atoms with Crippen LogP contribution in [0.1, 0.15) is 33.1 Å². The molecular weight excluding hydrogens is 262 g/mol. The van der Waals surface area contributed by atoms with Gasteiger partial charge in [-0.05, 0) is 12.8 Å². The van der Waals surface area contributed by atoms with Crippen molar-refractivity contribution in [1.29, 1.82) is 0 Å². The molecule has 0 bridgehead atoms. The molecule has 0 heterocycles. The Balaban J connectivity index is 3.52. The minimum Gasteiger partial charge on any atom is -0.464 e. The smallest absolute Gasteiger partial charge is 0.330 e. The number of amides is 1. The van der Waals surface area contributed by atoms with Crippen molar-refractivity contribution in [1.82, 2.24) is 5.32 Å². The highest BCUT2D eigenvalue weighted by Crippen LogP contribution is 2.02. The second-order valence-corrected chi connectivity index (χ2v) is 4.30. The zero-order chi connectivity index (χ0) is 15.4. The van der Waals surface area contributed by atoms with Crippen LogP contribution in [-0.2, 0) is 23.9 Å². The molecule has 0 rings (SSSR count). The summed E-state index contributed by atoms with van der Waals surface area (Å²) in [4.78, 5) is 33.4. The molecule has 20 heavy (non-hydrogen) atoms. The van der Waals surface area contributed by atoms with Gasteiger partial charge in [-0.25, -0.2) is 4.79 Å². The highest BCUT2D eigenvalue weighted by molar-refractivity contribution is 5.81. The Morgan fingerprint density at radius 1 is 1.25 bits per heavy atom. The second kappa shape index (κ2) is 11.0. The molecule has 1 unspecified atom stereocenters. The number of esters is 2. The Hall–Kier alpha value is -1.85. The van der Waals surface area contributed by atoms with Crippen molar-refractivity contribution in [3.63, 3.8) is 0 Å². The maximum Gasteiger partial charge on any atom is 0.330 e. The van der Waals surface area contributed by atoms with E-state index < -0.39 is 5.97 Å². The number of rotatable bonds is 10. The van der Waals surface area contributed by atoms with Gasteiger partial charge in [0, 0.05) is 12.5 Å². The second-order valence-electron chi connectivity index (χ2n) is 4.30. The molecule has 1 N–H and O–H groups in total. The zero-order valence-electron chi connectivity index (χ0n) is 12.1. The fourth-order valence-corrected chi connectivity index (χ4v) is 1.20. The quantitative estimate of drug-likeness (QED) is 0.370. The van der Waals surface area contributed by atoms with E-state index in [2.05, 4.69) is 11.9 Å². The average Bonchev–Trinajstić information content (AvgIpc) is 2.46. The molecule has 0 spiro atoms. The fraction of sp³-hybridized carbons (Fsp3) is 0.643. The minimum absolute atomic E-state index is 0.120. The van der Waals surface area contributed by atoms with Gasteiger partial charge in [-0.3, -0.25) is 9.59 Å². The van der Waals surface area contributed by atoms with Crippen LogP contribution in [0, 0.1) is 5.92 Å². The van der Waals surface area contributed by atoms with Crippen LogP contribution in [0.5, 0.6) is 0 Å². The number of hydrogen-bond donors (Lipinski definition) is 1. The summed E-state index contributed by atoms with van der Waals surface area (Å²) in [6, 6.07) is 0. The van der Waals surface area contributed by atoms with Gasteiger partial charge in [0.05, 0.1) is 19.1 Å². The molecule has 0 saturated heterocycles. The maximum atomic E-state index is 11.4. The Bertz CT molecular complexity index is 340. The molecule has 0 aromatic rings. The SMILES string of the molecule is C=CC(=O)OCCCC(=O)NCCOC(=O)C(C)CC. The summed E-state index contributed by atoms with van der Waals surface area (Å²) in [6.45, 7) is 7.60. The van der Waals surface area contributed by atoms with Crippen LogP contribution in [0.4, 0.5) is 0 Å². The van der Waals surface area contributed by atoms with E-state index in [0.717, 1.165) is 12.5 Å². The van der Waals surface area contributed by atoms with E-state index in [4.69, 9.17) is 9.47 Å². The summed E-state index contributed by atoms with van der Waals surface area (Å²) in [5.41, 5.74) is 0. The van der Waals surface area contributed by atoms with Crippen molar-refractivity contribution >= 4 is 17.8 Å². The van der Waals surface area contributed by atoms with Gasteiger partial charge in [0.2, 0.25) is 5.91 Å². The lowest BCUT2D eigenvalue weighted by Gasteiger charge is -2.09. The molecule has 0 saturated carbocycles. The number of ether oxygens (including phenoxy) is 2. The van der Waals surface area contributed by atoms with E-state index in [1.54, 1.807) is 6.92 Å². The Labute approximate surface area is 119 Å². The molecule has 1 amide bonds. The highest BCUT2D eigenvalue weighted by Gasteiger charge is 2.11. The predicted octanol–water partition coefficient (Wildman–Crippen LogP) is 1.20. The standard InChI is InChI=1S/C14H23NO5/c1-4-11(3)14(18)20-10-8-15-12(16)7-6-9-19-13(17)5-2/h5,11H,2,4,6-10H2,1,3H3,(H,15,16). The minimum atomic E-state index is -0.498. The molecule has 0 aliphatic rings. The molecule has 1 atom stereocenters. The average molecular weight is 285 g/mol. The van der Waals surface area contributed by atoms with Crippen LogP contribution >= 0.6 is 0 Å². The van der Waals surface area contributed by atoms with Gasteiger partial charge < -0.3 is 14.8 Å². The molecule has 0 aliphatic carbocycles. The first kappa shape index (κ1) is 18.1. The molecule has 0 fully saturated rings. The van der Waals surface area contributed by atoms with E-state index in [0.29, 0.717) is 6.42 Å². The van der Waals surface area contributed by atoms with Crippen molar-refractivity contribution in [3.05, 3.63) is 12.7 Å². The van der Waals surface area contributed by atoms with Gasteiger partial charge in [0.1, 0.15) is 6.61 Å². The number of carbonyl (C=O) groups excluding carboxylic acids is 3. The summed E-state index contributed by atoms with van der Waals surface area (Å²) in [5, 5.41) is 2.62. The van der Waals surface area contributed by atoms with Gasteiger partial charge >= 0.3 is 11.9 Å². The van der Waals surface area contributed by atoms with Crippen molar-refractivity contribution in [3.8, 4) is 0 Å². The predicted molar refractivity (Wildman–Crippen MR) is 73.8 cm³/mol. The Morgan fingerprint density at radius 3 is 2.55 bits per heavy atom. The molecule has 0 radical (unpaired) electrons. The summed E-state index contributed by atoms with van der Waals surface area (Å²) < 4.78 is 9.71. The van der Waals surface area contributed by atoms with E-state index >= 15 is 0 Å². The normalized spacial score (nSPS) is 11.3. The van der Waals surface area contributed by atoms with E-state index in [-0.39, 0.29) is 44.0 Å². The van der Waals surface area contributed by atoms with Crippen molar-refractivity contribution in [2.75, 3.05) is 19.8 Å². The first-order valence-corrected chi connectivity index (χ1v) is 6.73.